The summed E-state index contributed by atoms with van der Waals surface area (Å²) in [5.74, 6) is -0.131. The Balaban J connectivity index is 1.87. The third-order valence-electron chi connectivity index (χ3n) is 6.30. The maximum atomic E-state index is 13.3. The van der Waals surface area contributed by atoms with E-state index in [2.05, 4.69) is 11.8 Å². The van der Waals surface area contributed by atoms with Crippen LogP contribution in [0.15, 0.2) is 29.2 Å². The standard InChI is InChI=1S/C20H30N2O4S/c1-2-16-7-6-14-22(15-16)17-8-10-18(11-9-17)27(25,26)20(19(23)21-24)12-4-3-5-13-20/h8-11,16,24H,2-7,12-15H2,1H3,(H,21,23). The van der Waals surface area contributed by atoms with E-state index in [1.807, 2.05) is 12.1 Å². The molecule has 1 saturated carbocycles. The minimum absolute atomic E-state index is 0.154. The summed E-state index contributed by atoms with van der Waals surface area (Å²) >= 11 is 0. The first kappa shape index (κ1) is 20.1. The van der Waals surface area contributed by atoms with E-state index in [4.69, 9.17) is 5.21 Å². The van der Waals surface area contributed by atoms with E-state index >= 15 is 0 Å². The van der Waals surface area contributed by atoms with Gasteiger partial charge in [-0.3, -0.25) is 10.0 Å². The van der Waals surface area contributed by atoms with Crippen LogP contribution < -0.4 is 10.4 Å². The van der Waals surface area contributed by atoms with Crippen LogP contribution in [0, 0.1) is 5.92 Å². The van der Waals surface area contributed by atoms with Gasteiger partial charge in [-0.05, 0) is 55.9 Å². The average molecular weight is 395 g/mol. The molecule has 1 aromatic carbocycles. The largest absolute Gasteiger partial charge is 0.371 e. The van der Waals surface area contributed by atoms with Gasteiger partial charge in [0.05, 0.1) is 4.90 Å². The SMILES string of the molecule is CCC1CCCN(c2ccc(S(=O)(=O)C3(C(=O)NO)CCCCC3)cc2)C1. The number of amides is 1. The zero-order valence-corrected chi connectivity index (χ0v) is 16.8. The van der Waals surface area contributed by atoms with E-state index in [1.165, 1.54) is 6.42 Å². The van der Waals surface area contributed by atoms with Crippen molar-refractivity contribution in [3.8, 4) is 0 Å². The van der Waals surface area contributed by atoms with Gasteiger partial charge in [-0.1, -0.05) is 32.6 Å². The van der Waals surface area contributed by atoms with Gasteiger partial charge in [0.2, 0.25) is 0 Å². The topological polar surface area (TPSA) is 86.7 Å². The highest BCUT2D eigenvalue weighted by molar-refractivity contribution is 7.93. The van der Waals surface area contributed by atoms with Crippen LogP contribution in [0.5, 0.6) is 0 Å². The van der Waals surface area contributed by atoms with E-state index in [0.717, 1.165) is 38.0 Å². The van der Waals surface area contributed by atoms with Crippen molar-refractivity contribution in [3.05, 3.63) is 24.3 Å². The first-order chi connectivity index (χ1) is 12.9. The lowest BCUT2D eigenvalue weighted by molar-refractivity contribution is -0.132. The second-order valence-corrected chi connectivity index (χ2v) is 10.1. The Morgan fingerprint density at radius 2 is 1.85 bits per heavy atom. The van der Waals surface area contributed by atoms with Crippen molar-refractivity contribution in [1.82, 2.24) is 5.48 Å². The number of anilines is 1. The Morgan fingerprint density at radius 3 is 2.44 bits per heavy atom. The summed E-state index contributed by atoms with van der Waals surface area (Å²) in [4.78, 5) is 14.8. The number of carbonyl (C=O) groups excluding carboxylic acids is 1. The molecule has 1 aliphatic heterocycles. The highest BCUT2D eigenvalue weighted by atomic mass is 32.2. The number of carbonyl (C=O) groups is 1. The van der Waals surface area contributed by atoms with E-state index in [1.54, 1.807) is 17.6 Å². The lowest BCUT2D eigenvalue weighted by Gasteiger charge is -2.35. The molecule has 0 spiro atoms. The van der Waals surface area contributed by atoms with Crippen molar-refractivity contribution in [2.45, 2.75) is 67.9 Å². The molecular weight excluding hydrogens is 364 g/mol. The van der Waals surface area contributed by atoms with Crippen molar-refractivity contribution in [2.24, 2.45) is 5.92 Å². The molecule has 0 bridgehead atoms. The number of hydroxylamine groups is 1. The molecule has 1 aromatic rings. The number of benzene rings is 1. The summed E-state index contributed by atoms with van der Waals surface area (Å²) in [7, 11) is -3.89. The Hall–Kier alpha value is -1.60. The van der Waals surface area contributed by atoms with Gasteiger partial charge in [-0.25, -0.2) is 13.9 Å². The van der Waals surface area contributed by atoms with Crippen LogP contribution in [0.25, 0.3) is 0 Å². The van der Waals surface area contributed by atoms with Crippen LogP contribution in [-0.2, 0) is 14.6 Å². The highest BCUT2D eigenvalue weighted by Crippen LogP contribution is 2.39. The Kier molecular flexibility index (Phi) is 6.11. The predicted molar refractivity (Wildman–Crippen MR) is 105 cm³/mol. The molecule has 2 fully saturated rings. The van der Waals surface area contributed by atoms with E-state index in [0.29, 0.717) is 18.8 Å². The van der Waals surface area contributed by atoms with Crippen molar-refractivity contribution in [3.63, 3.8) is 0 Å². The molecule has 1 atom stereocenters. The summed E-state index contributed by atoms with van der Waals surface area (Å²) in [5.41, 5.74) is 2.62. The monoisotopic (exact) mass is 394 g/mol. The third-order valence-corrected chi connectivity index (χ3v) is 8.81. The Bertz CT molecular complexity index is 755. The van der Waals surface area contributed by atoms with Crippen LogP contribution in [0.1, 0.15) is 58.3 Å². The molecule has 27 heavy (non-hydrogen) atoms. The van der Waals surface area contributed by atoms with Gasteiger partial charge < -0.3 is 4.90 Å². The number of hydrogen-bond donors (Lipinski definition) is 2. The molecule has 0 radical (unpaired) electrons. The molecule has 0 aromatic heterocycles. The van der Waals surface area contributed by atoms with Gasteiger partial charge in [0, 0.05) is 18.8 Å². The number of piperidine rings is 1. The molecule has 1 heterocycles. The second-order valence-electron chi connectivity index (χ2n) is 7.86. The molecule has 6 nitrogen and oxygen atoms in total. The molecule has 3 rings (SSSR count). The fraction of sp³-hybridized carbons (Fsp3) is 0.650. The lowest BCUT2D eigenvalue weighted by atomic mass is 9.88. The van der Waals surface area contributed by atoms with Crippen molar-refractivity contribution in [1.29, 1.82) is 0 Å². The van der Waals surface area contributed by atoms with E-state index < -0.39 is 20.5 Å². The summed E-state index contributed by atoms with van der Waals surface area (Å²) in [6.45, 7) is 4.19. The van der Waals surface area contributed by atoms with Gasteiger partial charge >= 0.3 is 0 Å². The molecule has 2 N–H and O–H groups in total. The number of rotatable bonds is 5. The number of hydrogen-bond acceptors (Lipinski definition) is 5. The van der Waals surface area contributed by atoms with Crippen LogP contribution in [0.3, 0.4) is 0 Å². The summed E-state index contributed by atoms with van der Waals surface area (Å²) < 4.78 is 25.1. The first-order valence-electron chi connectivity index (χ1n) is 9.99. The summed E-state index contributed by atoms with van der Waals surface area (Å²) in [6.07, 6.45) is 6.27. The van der Waals surface area contributed by atoms with Gasteiger partial charge in [0.15, 0.2) is 14.6 Å². The molecule has 1 aliphatic carbocycles. The van der Waals surface area contributed by atoms with Gasteiger partial charge in [-0.15, -0.1) is 0 Å². The maximum Gasteiger partial charge on any atom is 0.265 e. The first-order valence-corrected chi connectivity index (χ1v) is 11.5. The Morgan fingerprint density at radius 1 is 1.19 bits per heavy atom. The van der Waals surface area contributed by atoms with E-state index in [9.17, 15) is 13.2 Å². The minimum Gasteiger partial charge on any atom is -0.371 e. The highest BCUT2D eigenvalue weighted by Gasteiger charge is 2.51. The minimum atomic E-state index is -3.89. The van der Waals surface area contributed by atoms with Crippen LogP contribution in [0.4, 0.5) is 5.69 Å². The zero-order chi connectivity index (χ0) is 19.5. The van der Waals surface area contributed by atoms with Gasteiger partial charge in [0.25, 0.3) is 5.91 Å². The summed E-state index contributed by atoms with van der Waals surface area (Å²) in [6, 6.07) is 6.92. The third kappa shape index (κ3) is 3.72. The fourth-order valence-corrected chi connectivity index (χ4v) is 6.60. The molecule has 150 valence electrons. The number of nitrogens with zero attached hydrogens (tertiary/aromatic N) is 1. The van der Waals surface area contributed by atoms with Crippen molar-refractivity contribution < 1.29 is 18.4 Å². The number of sulfone groups is 1. The molecule has 1 saturated heterocycles. The molecular formula is C20H30N2O4S. The lowest BCUT2D eigenvalue weighted by Crippen LogP contribution is -2.52. The van der Waals surface area contributed by atoms with Crippen molar-refractivity contribution >= 4 is 21.4 Å². The zero-order valence-electron chi connectivity index (χ0n) is 16.0. The second kappa shape index (κ2) is 8.19. The smallest absolute Gasteiger partial charge is 0.265 e. The average Bonchev–Trinajstić information content (AvgIpc) is 2.73. The number of nitrogens with one attached hydrogen (secondary N) is 1. The van der Waals surface area contributed by atoms with E-state index in [-0.39, 0.29) is 17.7 Å². The van der Waals surface area contributed by atoms with Crippen LogP contribution in [0.2, 0.25) is 0 Å². The normalized spacial score (nSPS) is 23.0. The Labute approximate surface area is 161 Å². The van der Waals surface area contributed by atoms with Gasteiger partial charge in [-0.2, -0.15) is 0 Å². The van der Waals surface area contributed by atoms with Crippen molar-refractivity contribution in [2.75, 3.05) is 18.0 Å². The predicted octanol–water partition coefficient (Wildman–Crippen LogP) is 3.30. The molecule has 2 aliphatic rings. The molecule has 1 amide bonds. The molecule has 7 heteroatoms. The van der Waals surface area contributed by atoms with Crippen LogP contribution in [-0.4, -0.2) is 37.4 Å². The maximum absolute atomic E-state index is 13.3. The van der Waals surface area contributed by atoms with Gasteiger partial charge in [0.1, 0.15) is 0 Å². The van der Waals surface area contributed by atoms with Crippen LogP contribution >= 0.6 is 0 Å². The fourth-order valence-electron chi connectivity index (χ4n) is 4.54. The summed E-state index contributed by atoms with van der Waals surface area (Å²) in [5, 5.41) is 9.15. The quantitative estimate of drug-likeness (QED) is 0.591. The molecule has 1 unspecified atom stereocenters.